The summed E-state index contributed by atoms with van der Waals surface area (Å²) in [6.45, 7) is 0. The molecule has 0 radical (unpaired) electrons. The highest BCUT2D eigenvalue weighted by molar-refractivity contribution is 5.97. The van der Waals surface area contributed by atoms with Crippen LogP contribution < -0.4 is 5.43 Å². The average molecular weight is 416 g/mol. The molecule has 0 aliphatic rings. The van der Waals surface area contributed by atoms with Crippen molar-refractivity contribution in [1.29, 1.82) is 0 Å². The van der Waals surface area contributed by atoms with Crippen molar-refractivity contribution >= 4 is 18.1 Å². The zero-order valence-electron chi connectivity index (χ0n) is 15.6. The van der Waals surface area contributed by atoms with E-state index in [-0.39, 0.29) is 11.3 Å². The number of nitrogens with one attached hydrogen (secondary N) is 1. The van der Waals surface area contributed by atoms with Gasteiger partial charge in [-0.3, -0.25) is 4.79 Å². The first-order valence-corrected chi connectivity index (χ1v) is 8.58. The van der Waals surface area contributed by atoms with Crippen LogP contribution in [0.4, 0.5) is 13.2 Å². The number of hydrazone groups is 1. The van der Waals surface area contributed by atoms with Crippen molar-refractivity contribution in [1.82, 2.24) is 5.43 Å². The van der Waals surface area contributed by atoms with Gasteiger partial charge in [-0.1, -0.05) is 24.3 Å². The van der Waals surface area contributed by atoms with E-state index >= 15 is 0 Å². The lowest BCUT2D eigenvalue weighted by molar-refractivity contribution is -0.137. The largest absolute Gasteiger partial charge is 0.465 e. The molecule has 9 heteroatoms. The summed E-state index contributed by atoms with van der Waals surface area (Å²) in [6, 6.07) is 13.8. The molecular formula is C21H15F3N2O4. The Bertz CT molecular complexity index is 1100. The molecule has 6 nitrogen and oxygen atoms in total. The Hall–Kier alpha value is -3.88. The second-order valence-corrected chi connectivity index (χ2v) is 6.02. The molecule has 0 saturated carbocycles. The van der Waals surface area contributed by atoms with Gasteiger partial charge in [0.25, 0.3) is 5.91 Å². The van der Waals surface area contributed by atoms with E-state index in [1.165, 1.54) is 19.4 Å². The van der Waals surface area contributed by atoms with Gasteiger partial charge in [-0.05, 0) is 36.4 Å². The number of rotatable bonds is 5. The van der Waals surface area contributed by atoms with Gasteiger partial charge in [0.15, 0.2) is 0 Å². The molecule has 1 N–H and O–H groups in total. The highest BCUT2D eigenvalue weighted by atomic mass is 19.4. The summed E-state index contributed by atoms with van der Waals surface area (Å²) in [5.74, 6) is -0.693. The molecule has 0 aliphatic carbocycles. The molecule has 154 valence electrons. The third kappa shape index (κ3) is 4.75. The number of methoxy groups -OCH3 is 1. The monoisotopic (exact) mass is 416 g/mol. The fourth-order valence-corrected chi connectivity index (χ4v) is 2.61. The lowest BCUT2D eigenvalue weighted by Crippen LogP contribution is -2.18. The number of ether oxygens (including phenoxy) is 1. The van der Waals surface area contributed by atoms with E-state index < -0.39 is 23.6 Å². The van der Waals surface area contributed by atoms with Crippen LogP contribution in [0, 0.1) is 0 Å². The maximum Gasteiger partial charge on any atom is 0.416 e. The van der Waals surface area contributed by atoms with E-state index in [0.717, 1.165) is 18.2 Å². The minimum absolute atomic E-state index is 0.186. The van der Waals surface area contributed by atoms with Gasteiger partial charge in [0, 0.05) is 11.1 Å². The maximum absolute atomic E-state index is 12.7. The van der Waals surface area contributed by atoms with Crippen LogP contribution in [0.2, 0.25) is 0 Å². The number of alkyl halides is 3. The van der Waals surface area contributed by atoms with E-state index in [4.69, 9.17) is 9.15 Å². The van der Waals surface area contributed by atoms with Gasteiger partial charge in [-0.2, -0.15) is 18.3 Å². The van der Waals surface area contributed by atoms with Crippen LogP contribution in [0.25, 0.3) is 11.3 Å². The topological polar surface area (TPSA) is 80.9 Å². The van der Waals surface area contributed by atoms with Crippen LogP contribution in [-0.2, 0) is 10.9 Å². The molecule has 0 bridgehead atoms. The number of nitrogens with zero attached hydrogens (tertiary/aromatic N) is 1. The maximum atomic E-state index is 12.7. The summed E-state index contributed by atoms with van der Waals surface area (Å²) in [4.78, 5) is 23.9. The first-order chi connectivity index (χ1) is 14.3. The number of amides is 1. The second-order valence-electron chi connectivity index (χ2n) is 6.02. The zero-order valence-corrected chi connectivity index (χ0v) is 15.6. The van der Waals surface area contributed by atoms with Crippen LogP contribution in [-0.4, -0.2) is 25.2 Å². The van der Waals surface area contributed by atoms with Gasteiger partial charge in [0.05, 0.1) is 24.5 Å². The van der Waals surface area contributed by atoms with E-state index in [2.05, 4.69) is 10.5 Å². The van der Waals surface area contributed by atoms with E-state index in [1.54, 1.807) is 36.4 Å². The Morgan fingerprint density at radius 3 is 2.57 bits per heavy atom. The number of esters is 1. The Morgan fingerprint density at radius 2 is 1.83 bits per heavy atom. The molecule has 0 aliphatic heterocycles. The zero-order chi connectivity index (χ0) is 21.7. The van der Waals surface area contributed by atoms with Crippen molar-refractivity contribution in [2.45, 2.75) is 6.18 Å². The lowest BCUT2D eigenvalue weighted by atomic mass is 10.1. The number of halogens is 3. The van der Waals surface area contributed by atoms with Crippen LogP contribution in [0.3, 0.4) is 0 Å². The van der Waals surface area contributed by atoms with Crippen molar-refractivity contribution < 1.29 is 31.9 Å². The summed E-state index contributed by atoms with van der Waals surface area (Å²) < 4.78 is 48.6. The smallest absolute Gasteiger partial charge is 0.416 e. The number of furan rings is 1. The molecule has 0 spiro atoms. The van der Waals surface area contributed by atoms with E-state index in [0.29, 0.717) is 16.9 Å². The van der Waals surface area contributed by atoms with Gasteiger partial charge in [0.1, 0.15) is 11.5 Å². The highest BCUT2D eigenvalue weighted by Gasteiger charge is 2.30. The fraction of sp³-hybridized carbons (Fsp3) is 0.0952. The lowest BCUT2D eigenvalue weighted by Gasteiger charge is -2.07. The third-order valence-corrected chi connectivity index (χ3v) is 4.03. The predicted octanol–water partition coefficient (Wildman–Crippen LogP) is 4.52. The van der Waals surface area contributed by atoms with Crippen molar-refractivity contribution in [3.05, 3.63) is 83.1 Å². The molecule has 1 aromatic heterocycles. The summed E-state index contributed by atoms with van der Waals surface area (Å²) in [6.07, 6.45) is -3.36. The van der Waals surface area contributed by atoms with Crippen LogP contribution in [0.15, 0.2) is 70.2 Å². The SMILES string of the molecule is COC(=O)c1ccccc1-c1ccc(/C=N\NC(=O)c2cccc(C(F)(F)F)c2)o1. The number of hydrogen-bond donors (Lipinski definition) is 1. The molecule has 0 saturated heterocycles. The molecule has 0 unspecified atom stereocenters. The second kappa shape index (κ2) is 8.64. The quantitative estimate of drug-likeness (QED) is 0.377. The molecule has 1 amide bonds. The van der Waals surface area contributed by atoms with Crippen LogP contribution in [0.5, 0.6) is 0 Å². The summed E-state index contributed by atoms with van der Waals surface area (Å²) in [5, 5.41) is 3.70. The Morgan fingerprint density at radius 1 is 1.07 bits per heavy atom. The van der Waals surface area contributed by atoms with Gasteiger partial charge in [0.2, 0.25) is 0 Å². The summed E-state index contributed by atoms with van der Waals surface area (Å²) in [7, 11) is 1.27. The number of carbonyl (C=O) groups is 2. The van der Waals surface area contributed by atoms with Gasteiger partial charge in [-0.25, -0.2) is 10.2 Å². The molecule has 1 heterocycles. The normalized spacial score (nSPS) is 11.5. The molecule has 30 heavy (non-hydrogen) atoms. The number of hydrogen-bond acceptors (Lipinski definition) is 5. The van der Waals surface area contributed by atoms with Crippen molar-refractivity contribution in [2.24, 2.45) is 5.10 Å². The number of benzene rings is 2. The molecular weight excluding hydrogens is 401 g/mol. The van der Waals surface area contributed by atoms with E-state index in [9.17, 15) is 22.8 Å². The third-order valence-electron chi connectivity index (χ3n) is 4.03. The van der Waals surface area contributed by atoms with Gasteiger partial charge < -0.3 is 9.15 Å². The first kappa shape index (κ1) is 20.8. The average Bonchev–Trinajstić information content (AvgIpc) is 3.21. The van der Waals surface area contributed by atoms with Gasteiger partial charge >= 0.3 is 12.1 Å². The van der Waals surface area contributed by atoms with Crippen molar-refractivity contribution in [2.75, 3.05) is 7.11 Å². The molecule has 3 rings (SSSR count). The molecule has 0 atom stereocenters. The molecule has 3 aromatic rings. The Labute approximate surface area is 169 Å². The fourth-order valence-electron chi connectivity index (χ4n) is 2.61. The van der Waals surface area contributed by atoms with Gasteiger partial charge in [-0.15, -0.1) is 0 Å². The van der Waals surface area contributed by atoms with Crippen molar-refractivity contribution in [3.8, 4) is 11.3 Å². The predicted molar refractivity (Wildman–Crippen MR) is 102 cm³/mol. The summed E-state index contributed by atoms with van der Waals surface area (Å²) >= 11 is 0. The Kier molecular flexibility index (Phi) is 6.01. The van der Waals surface area contributed by atoms with E-state index in [1.807, 2.05) is 0 Å². The van der Waals surface area contributed by atoms with Crippen LogP contribution in [0.1, 0.15) is 32.0 Å². The van der Waals surface area contributed by atoms with Crippen molar-refractivity contribution in [3.63, 3.8) is 0 Å². The molecule has 2 aromatic carbocycles. The standard InChI is InChI=1S/C21H15F3N2O4/c1-29-20(28)17-8-3-2-7-16(17)18-10-9-15(30-18)12-25-26-19(27)13-5-4-6-14(11-13)21(22,23)24/h2-12H,1H3,(H,26,27)/b25-12-. The highest BCUT2D eigenvalue weighted by Crippen LogP contribution is 2.29. The first-order valence-electron chi connectivity index (χ1n) is 8.58. The van der Waals surface area contributed by atoms with Crippen LogP contribution >= 0.6 is 0 Å². The minimum Gasteiger partial charge on any atom is -0.465 e. The Balaban J connectivity index is 1.72. The molecule has 0 fully saturated rings. The summed E-state index contributed by atoms with van der Waals surface area (Å²) in [5.41, 5.74) is 1.85. The minimum atomic E-state index is -4.55. The number of carbonyl (C=O) groups excluding carboxylic acids is 2.